The van der Waals surface area contributed by atoms with E-state index in [1.807, 2.05) is 0 Å². The van der Waals surface area contributed by atoms with Crippen LogP contribution in [0, 0.1) is 0 Å². The SMILES string of the molecule is C[Si](C)(OS(=O)(=O)CC(F)(F)F)[Si](C)(C)OS(=O)(=O)CC(F)(F)F.C[Si](C)(OS(C)(=O)=O)[Si](C)(C)OS(C)(=O)=O. The van der Waals surface area contributed by atoms with Crippen molar-refractivity contribution in [1.29, 1.82) is 0 Å². The summed E-state index contributed by atoms with van der Waals surface area (Å²) >= 11 is 0. The Bertz CT molecular complexity index is 1210. The van der Waals surface area contributed by atoms with Crippen molar-refractivity contribution < 1.29 is 75.5 Å². The summed E-state index contributed by atoms with van der Waals surface area (Å²) in [6, 6.07) is 0. The molecule has 0 aliphatic rings. The van der Waals surface area contributed by atoms with E-state index >= 15 is 0 Å². The predicted molar refractivity (Wildman–Crippen MR) is 144 cm³/mol. The lowest BCUT2D eigenvalue weighted by atomic mass is 10.8. The molecule has 0 spiro atoms. The zero-order valence-electron chi connectivity index (χ0n) is 23.2. The van der Waals surface area contributed by atoms with Crippen LogP contribution in [0.2, 0.25) is 52.4 Å². The van der Waals surface area contributed by atoms with Gasteiger partial charge in [0.15, 0.2) is 11.5 Å². The molecule has 40 heavy (non-hydrogen) atoms. The van der Waals surface area contributed by atoms with Gasteiger partial charge in [-0.2, -0.15) is 26.3 Å². The van der Waals surface area contributed by atoms with E-state index in [-0.39, 0.29) is 0 Å². The lowest BCUT2D eigenvalue weighted by Crippen LogP contribution is -2.61. The number of halogens is 6. The fourth-order valence-electron chi connectivity index (χ4n) is 2.25. The maximum absolute atomic E-state index is 12.2. The van der Waals surface area contributed by atoms with E-state index in [0.717, 1.165) is 38.7 Å². The number of rotatable bonds is 12. The van der Waals surface area contributed by atoms with Gasteiger partial charge in [0.1, 0.15) is 0 Å². The molecule has 0 bridgehead atoms. The average molecular weight is 749 g/mol. The van der Waals surface area contributed by atoms with Gasteiger partial charge in [0.25, 0.3) is 40.5 Å². The van der Waals surface area contributed by atoms with Crippen molar-refractivity contribution in [2.75, 3.05) is 24.0 Å². The van der Waals surface area contributed by atoms with Gasteiger partial charge >= 0.3 is 12.4 Å². The van der Waals surface area contributed by atoms with Crippen molar-refractivity contribution in [3.8, 4) is 0 Å². The summed E-state index contributed by atoms with van der Waals surface area (Å²) in [6.07, 6.45) is -8.27. The third-order valence-corrected chi connectivity index (χ3v) is 43.7. The Morgan fingerprint density at radius 1 is 0.450 bits per heavy atom. The number of hydrogen-bond donors (Lipinski definition) is 0. The Balaban J connectivity index is 0. The van der Waals surface area contributed by atoms with E-state index in [1.54, 1.807) is 26.2 Å². The lowest BCUT2D eigenvalue weighted by molar-refractivity contribution is -0.108. The zero-order valence-corrected chi connectivity index (χ0v) is 30.5. The summed E-state index contributed by atoms with van der Waals surface area (Å²) in [5.41, 5.74) is 0. The van der Waals surface area contributed by atoms with Gasteiger partial charge in [-0.15, -0.1) is 0 Å². The quantitative estimate of drug-likeness (QED) is 0.211. The topological polar surface area (TPSA) is 173 Å². The van der Waals surface area contributed by atoms with Crippen molar-refractivity contribution in [2.24, 2.45) is 0 Å². The van der Waals surface area contributed by atoms with Gasteiger partial charge in [0.2, 0.25) is 31.3 Å². The standard InChI is InChI=1S/C8H16F6O6S2Si2.C6H18O6S2Si2/c1-23(2,19-21(15,16)5-7(9,10)11)24(3,4)20-22(17,18)6-8(12,13)14;1-13(7,8)11-15(3,4)16(5,6)12-14(2,9)10/h5-6H2,1-4H3;1-6H3. The number of hydrogen-bond acceptors (Lipinski definition) is 12. The Morgan fingerprint density at radius 2 is 0.625 bits per heavy atom. The first-order valence-electron chi connectivity index (χ1n) is 10.6. The van der Waals surface area contributed by atoms with E-state index in [4.69, 9.17) is 7.74 Å². The fourth-order valence-corrected chi connectivity index (χ4v) is 30.1. The van der Waals surface area contributed by atoms with Crippen LogP contribution in [-0.2, 0) is 56.0 Å². The third-order valence-electron chi connectivity index (χ3n) is 4.97. The summed E-state index contributed by atoms with van der Waals surface area (Å²) in [7, 11) is -30.4. The van der Waals surface area contributed by atoms with Crippen LogP contribution in [0.3, 0.4) is 0 Å². The van der Waals surface area contributed by atoms with Gasteiger partial charge < -0.3 is 15.5 Å². The van der Waals surface area contributed by atoms with Gasteiger partial charge in [-0.1, -0.05) is 0 Å². The molecular weight excluding hydrogens is 715 g/mol. The molecular formula is C14H34F6O12S4Si4. The zero-order chi connectivity index (χ0) is 33.2. The average Bonchev–Trinajstić information content (AvgIpc) is 2.41. The molecule has 0 unspecified atom stereocenters. The second-order valence-electron chi connectivity index (χ2n) is 10.4. The van der Waals surface area contributed by atoms with Crippen LogP contribution in [0.15, 0.2) is 0 Å². The van der Waals surface area contributed by atoms with Crippen molar-refractivity contribution >= 4 is 71.8 Å². The van der Waals surface area contributed by atoms with Crippen LogP contribution in [0.4, 0.5) is 26.3 Å². The monoisotopic (exact) mass is 748 g/mol. The Hall–Kier alpha value is 0.0875. The highest BCUT2D eigenvalue weighted by Crippen LogP contribution is 2.29. The van der Waals surface area contributed by atoms with E-state index in [0.29, 0.717) is 0 Å². The molecule has 26 heteroatoms. The van der Waals surface area contributed by atoms with Crippen molar-refractivity contribution in [3.05, 3.63) is 0 Å². The van der Waals surface area contributed by atoms with Gasteiger partial charge in [-0.25, -0.2) is 33.7 Å². The molecule has 0 aliphatic heterocycles. The van der Waals surface area contributed by atoms with E-state index in [2.05, 4.69) is 7.74 Å². The minimum atomic E-state index is -5.10. The third kappa shape index (κ3) is 17.9. The molecule has 0 aromatic heterocycles. The number of alkyl halides is 6. The van der Waals surface area contributed by atoms with E-state index < -0.39 is 95.7 Å². The highest BCUT2D eigenvalue weighted by Gasteiger charge is 2.54. The van der Waals surface area contributed by atoms with Crippen LogP contribution in [0.1, 0.15) is 0 Å². The van der Waals surface area contributed by atoms with Crippen molar-refractivity contribution in [1.82, 2.24) is 0 Å². The first-order chi connectivity index (χ1) is 16.7. The van der Waals surface area contributed by atoms with E-state index in [1.165, 1.54) is 0 Å². The Kier molecular flexibility index (Phi) is 13.7. The summed E-state index contributed by atoms with van der Waals surface area (Å²) in [6.45, 7) is 10.8. The molecule has 0 saturated heterocycles. The molecule has 0 N–H and O–H groups in total. The molecule has 0 aromatic carbocycles. The molecule has 0 saturated carbocycles. The smallest absolute Gasteiger partial charge is 0.316 e. The second kappa shape index (κ2) is 13.0. The summed E-state index contributed by atoms with van der Waals surface area (Å²) in [5.74, 6) is -4.59. The largest absolute Gasteiger partial charge is 0.405 e. The van der Waals surface area contributed by atoms with Gasteiger partial charge in [-0.05, 0) is 52.4 Å². The minimum Gasteiger partial charge on any atom is -0.316 e. The Labute approximate surface area is 235 Å². The molecule has 12 nitrogen and oxygen atoms in total. The minimum absolute atomic E-state index is 0.951. The highest BCUT2D eigenvalue weighted by molar-refractivity contribution is 7.90. The van der Waals surface area contributed by atoms with Gasteiger partial charge in [0, 0.05) is 0 Å². The van der Waals surface area contributed by atoms with Crippen molar-refractivity contribution in [2.45, 2.75) is 64.7 Å². The van der Waals surface area contributed by atoms with Crippen LogP contribution < -0.4 is 0 Å². The Morgan fingerprint density at radius 3 is 0.775 bits per heavy atom. The molecule has 0 aliphatic carbocycles. The lowest BCUT2D eigenvalue weighted by Gasteiger charge is -2.35. The molecule has 0 atom stereocenters. The molecule has 0 rings (SSSR count). The van der Waals surface area contributed by atoms with Crippen LogP contribution >= 0.6 is 0 Å². The van der Waals surface area contributed by atoms with Gasteiger partial charge in [0.05, 0.1) is 12.5 Å². The molecule has 0 aromatic rings. The maximum Gasteiger partial charge on any atom is 0.405 e. The first kappa shape index (κ1) is 42.2. The highest BCUT2D eigenvalue weighted by atomic mass is 32.2. The van der Waals surface area contributed by atoms with Crippen LogP contribution in [-0.4, -0.2) is 101 Å². The normalized spacial score (nSPS) is 15.4. The van der Waals surface area contributed by atoms with Crippen LogP contribution in [0.25, 0.3) is 0 Å². The summed E-state index contributed by atoms with van der Waals surface area (Å²) in [4.78, 5) is 0. The maximum atomic E-state index is 12.2. The molecule has 0 radical (unpaired) electrons. The molecule has 0 fully saturated rings. The van der Waals surface area contributed by atoms with E-state index in [9.17, 15) is 60.0 Å². The van der Waals surface area contributed by atoms with Gasteiger partial charge in [-0.3, -0.25) is 0 Å². The van der Waals surface area contributed by atoms with Crippen molar-refractivity contribution in [3.63, 3.8) is 0 Å². The predicted octanol–water partition coefficient (Wildman–Crippen LogP) is 2.72. The molecule has 0 amide bonds. The van der Waals surface area contributed by atoms with Crippen LogP contribution in [0.5, 0.6) is 0 Å². The molecule has 244 valence electrons. The fraction of sp³-hybridized carbons (Fsp3) is 1.00. The summed E-state index contributed by atoms with van der Waals surface area (Å²) in [5, 5.41) is 0. The second-order valence-corrected chi connectivity index (χ2v) is 45.2. The summed E-state index contributed by atoms with van der Waals surface area (Å²) < 4.78 is 182. The first-order valence-corrected chi connectivity index (χ1v) is 31.0. The molecule has 0 heterocycles.